The fourth-order valence-electron chi connectivity index (χ4n) is 2.92. The molecule has 12 heteroatoms. The zero-order valence-corrected chi connectivity index (χ0v) is 17.7. The highest BCUT2D eigenvalue weighted by molar-refractivity contribution is 7.99. The molecule has 0 aliphatic heterocycles. The van der Waals surface area contributed by atoms with Gasteiger partial charge in [0.2, 0.25) is 10.0 Å². The van der Waals surface area contributed by atoms with Crippen LogP contribution >= 0.6 is 11.8 Å². The Bertz CT molecular complexity index is 997. The summed E-state index contributed by atoms with van der Waals surface area (Å²) in [5.74, 6) is -1.02. The number of hydrogen-bond donors (Lipinski definition) is 1. The number of alkyl halides is 6. The van der Waals surface area contributed by atoms with Crippen molar-refractivity contribution in [3.63, 3.8) is 0 Å². The maximum atomic E-state index is 13.5. The van der Waals surface area contributed by atoms with Gasteiger partial charge in [0.15, 0.2) is 0 Å². The summed E-state index contributed by atoms with van der Waals surface area (Å²) in [6.07, 6.45) is -8.82. The molecule has 0 saturated carbocycles. The van der Waals surface area contributed by atoms with E-state index in [1.807, 2.05) is 0 Å². The largest absolute Gasteiger partial charge is 0.419 e. The minimum atomic E-state index is -5.03. The Labute approximate surface area is 174 Å². The number of rotatable bonds is 6. The third kappa shape index (κ3) is 5.88. The van der Waals surface area contributed by atoms with E-state index in [0.717, 1.165) is 17.8 Å². The number of aromatic nitrogens is 1. The van der Waals surface area contributed by atoms with Crippen LogP contribution < -0.4 is 4.72 Å². The molecule has 1 heterocycles. The normalized spacial score (nSPS) is 14.0. The topological polar surface area (TPSA) is 59.1 Å². The third-order valence-electron chi connectivity index (χ3n) is 4.03. The number of sulfonamides is 1. The van der Waals surface area contributed by atoms with Crippen LogP contribution in [0.15, 0.2) is 40.4 Å². The molecular weight excluding hydrogens is 454 g/mol. The Hall–Kier alpha value is -1.79. The molecule has 4 nitrogen and oxygen atoms in total. The van der Waals surface area contributed by atoms with Gasteiger partial charge in [-0.15, -0.1) is 11.8 Å². The first-order valence-electron chi connectivity index (χ1n) is 8.45. The van der Waals surface area contributed by atoms with Crippen LogP contribution in [-0.2, 0) is 16.2 Å². The number of pyridine rings is 1. The van der Waals surface area contributed by atoms with Crippen molar-refractivity contribution in [3.8, 4) is 0 Å². The summed E-state index contributed by atoms with van der Waals surface area (Å²) >= 11 is 0.178. The minimum absolute atomic E-state index is 0.178. The van der Waals surface area contributed by atoms with Crippen molar-refractivity contribution in [2.75, 3.05) is 5.75 Å². The summed E-state index contributed by atoms with van der Waals surface area (Å²) in [7, 11) is -4.59. The number of hydrogen-bond acceptors (Lipinski definition) is 4. The van der Waals surface area contributed by atoms with Gasteiger partial charge in [-0.05, 0) is 44.0 Å². The van der Waals surface area contributed by atoms with Crippen molar-refractivity contribution in [3.05, 3.63) is 52.7 Å². The van der Waals surface area contributed by atoms with E-state index in [-0.39, 0.29) is 27.8 Å². The van der Waals surface area contributed by atoms with E-state index >= 15 is 0 Å². The van der Waals surface area contributed by atoms with Crippen LogP contribution in [0.5, 0.6) is 0 Å². The number of nitrogens with one attached hydrogen (secondary N) is 1. The van der Waals surface area contributed by atoms with Gasteiger partial charge >= 0.3 is 12.4 Å². The molecule has 1 unspecified atom stereocenters. The highest BCUT2D eigenvalue weighted by Crippen LogP contribution is 2.37. The summed E-state index contributed by atoms with van der Waals surface area (Å²) in [6.45, 7) is 4.62. The van der Waals surface area contributed by atoms with Crippen LogP contribution in [0.3, 0.4) is 0 Å². The molecule has 0 aliphatic carbocycles. The van der Waals surface area contributed by atoms with Gasteiger partial charge in [0.05, 0.1) is 10.5 Å². The molecule has 166 valence electrons. The molecular formula is C18H18F6N2O2S2. The van der Waals surface area contributed by atoms with Gasteiger partial charge in [-0.1, -0.05) is 17.7 Å². The zero-order chi connectivity index (χ0) is 22.9. The van der Waals surface area contributed by atoms with Gasteiger partial charge in [-0.2, -0.15) is 31.1 Å². The number of benzene rings is 1. The second kappa shape index (κ2) is 8.75. The molecule has 30 heavy (non-hydrogen) atoms. The lowest BCUT2D eigenvalue weighted by Crippen LogP contribution is -2.47. The summed E-state index contributed by atoms with van der Waals surface area (Å²) in [6, 6.07) is 2.13. The predicted octanol–water partition coefficient (Wildman–Crippen LogP) is 5.03. The van der Waals surface area contributed by atoms with Crippen LogP contribution in [0.25, 0.3) is 0 Å². The molecule has 1 aromatic heterocycles. The fraction of sp³-hybridized carbons (Fsp3) is 0.389. The first kappa shape index (κ1) is 24.5. The van der Waals surface area contributed by atoms with Gasteiger partial charge < -0.3 is 0 Å². The molecule has 1 aromatic carbocycles. The molecule has 0 aliphatic rings. The second-order valence-electron chi connectivity index (χ2n) is 6.61. The van der Waals surface area contributed by atoms with Gasteiger partial charge in [0, 0.05) is 11.9 Å². The molecule has 0 saturated heterocycles. The summed E-state index contributed by atoms with van der Waals surface area (Å²) in [5.41, 5.74) is 0.0704. The molecule has 2 aromatic rings. The molecule has 0 bridgehead atoms. The van der Waals surface area contributed by atoms with Gasteiger partial charge in [-0.3, -0.25) is 0 Å². The quantitative estimate of drug-likeness (QED) is 0.474. The van der Waals surface area contributed by atoms with Gasteiger partial charge in [-0.25, -0.2) is 13.4 Å². The van der Waals surface area contributed by atoms with Crippen molar-refractivity contribution >= 4 is 21.8 Å². The molecule has 1 N–H and O–H groups in total. The third-order valence-corrected chi connectivity index (χ3v) is 6.90. The maximum absolute atomic E-state index is 13.5. The molecule has 1 atom stereocenters. The Morgan fingerprint density at radius 2 is 1.63 bits per heavy atom. The van der Waals surface area contributed by atoms with Crippen LogP contribution in [0.1, 0.15) is 22.3 Å². The van der Waals surface area contributed by atoms with E-state index in [9.17, 15) is 34.8 Å². The Balaban J connectivity index is 2.33. The van der Waals surface area contributed by atoms with E-state index in [2.05, 4.69) is 4.98 Å². The lowest BCUT2D eigenvalue weighted by Gasteiger charge is -2.23. The summed E-state index contributed by atoms with van der Waals surface area (Å²) < 4.78 is 106. The van der Waals surface area contributed by atoms with E-state index in [1.165, 1.54) is 26.0 Å². The lowest BCUT2D eigenvalue weighted by molar-refractivity contribution is -0.145. The molecule has 0 spiro atoms. The number of aryl methyl sites for hydroxylation is 3. The van der Waals surface area contributed by atoms with Gasteiger partial charge in [0.1, 0.15) is 11.1 Å². The Morgan fingerprint density at radius 3 is 2.13 bits per heavy atom. The fourth-order valence-corrected chi connectivity index (χ4v) is 5.77. The van der Waals surface area contributed by atoms with Crippen molar-refractivity contribution in [2.24, 2.45) is 0 Å². The molecule has 0 amide bonds. The maximum Gasteiger partial charge on any atom is 0.419 e. The van der Waals surface area contributed by atoms with E-state index < -0.39 is 44.8 Å². The minimum Gasteiger partial charge on any atom is -0.249 e. The SMILES string of the molecule is Cc1cc(C)c(S(=O)(=O)NC(CSc2ncccc2C(F)(F)F)C(F)(F)F)c(C)c1. The second-order valence-corrected chi connectivity index (χ2v) is 9.27. The standard InChI is InChI=1S/C18H18F6N2O2S2/c1-10-7-11(2)15(12(3)8-10)30(27,28)26-14(18(22,23)24)9-29-16-13(17(19,20)21)5-4-6-25-16/h4-8,14,26H,9H2,1-3H3. The average Bonchev–Trinajstić information content (AvgIpc) is 2.55. The number of thioether (sulfide) groups is 1. The molecule has 2 rings (SSSR count). The van der Waals surface area contributed by atoms with Crippen LogP contribution in [0.4, 0.5) is 26.3 Å². The van der Waals surface area contributed by atoms with Crippen molar-refractivity contribution < 1.29 is 34.8 Å². The molecule has 0 fully saturated rings. The average molecular weight is 472 g/mol. The monoisotopic (exact) mass is 472 g/mol. The highest BCUT2D eigenvalue weighted by atomic mass is 32.2. The van der Waals surface area contributed by atoms with Crippen molar-refractivity contribution in [2.45, 2.75) is 49.1 Å². The highest BCUT2D eigenvalue weighted by Gasteiger charge is 2.43. The van der Waals surface area contributed by atoms with Crippen molar-refractivity contribution in [1.29, 1.82) is 0 Å². The first-order valence-corrected chi connectivity index (χ1v) is 10.9. The van der Waals surface area contributed by atoms with Gasteiger partial charge in [0.25, 0.3) is 0 Å². The van der Waals surface area contributed by atoms with E-state index in [4.69, 9.17) is 0 Å². The summed E-state index contributed by atoms with van der Waals surface area (Å²) in [5, 5.41) is -0.666. The Kier molecular flexibility index (Phi) is 7.14. The first-order chi connectivity index (χ1) is 13.6. The zero-order valence-electron chi connectivity index (χ0n) is 16.0. The van der Waals surface area contributed by atoms with Crippen LogP contribution in [-0.4, -0.2) is 31.4 Å². The smallest absolute Gasteiger partial charge is 0.249 e. The number of halogens is 6. The van der Waals surface area contributed by atoms with E-state index in [1.54, 1.807) is 11.6 Å². The van der Waals surface area contributed by atoms with Crippen LogP contribution in [0.2, 0.25) is 0 Å². The van der Waals surface area contributed by atoms with E-state index in [0.29, 0.717) is 6.07 Å². The van der Waals surface area contributed by atoms with Crippen molar-refractivity contribution in [1.82, 2.24) is 9.71 Å². The van der Waals surface area contributed by atoms with Crippen LogP contribution in [0, 0.1) is 20.8 Å². The Morgan fingerprint density at radius 1 is 1.07 bits per heavy atom. The number of nitrogens with zero attached hydrogens (tertiary/aromatic N) is 1. The summed E-state index contributed by atoms with van der Waals surface area (Å²) in [4.78, 5) is 3.20. The lowest BCUT2D eigenvalue weighted by atomic mass is 10.1. The predicted molar refractivity (Wildman–Crippen MR) is 101 cm³/mol. The molecule has 0 radical (unpaired) electrons.